The summed E-state index contributed by atoms with van der Waals surface area (Å²) in [7, 11) is 1.48. The van der Waals surface area contributed by atoms with E-state index in [1.165, 1.54) is 37.7 Å². The number of carbonyl (C=O) groups is 1. The largest absolute Gasteiger partial charge is 0.354 e. The van der Waals surface area contributed by atoms with Crippen LogP contribution in [0.15, 0.2) is 41.5 Å². The Bertz CT molecular complexity index is 1390. The highest BCUT2D eigenvalue weighted by atomic mass is 19.1. The lowest BCUT2D eigenvalue weighted by Gasteiger charge is -2.26. The van der Waals surface area contributed by atoms with Gasteiger partial charge in [0, 0.05) is 55.6 Å². The third-order valence-corrected chi connectivity index (χ3v) is 5.12. The summed E-state index contributed by atoms with van der Waals surface area (Å²) < 4.78 is 49.4. The Kier molecular flexibility index (Phi) is 4.62. The zero-order chi connectivity index (χ0) is 25.5. The highest BCUT2D eigenvalue weighted by Gasteiger charge is 2.18. The summed E-state index contributed by atoms with van der Waals surface area (Å²) in [5.41, 5.74) is 1.21. The highest BCUT2D eigenvalue weighted by Crippen LogP contribution is 2.24. The first-order valence-electron chi connectivity index (χ1n) is 11.8. The minimum Gasteiger partial charge on any atom is -0.354 e. The quantitative estimate of drug-likeness (QED) is 0.656. The van der Waals surface area contributed by atoms with Gasteiger partial charge in [-0.15, -0.1) is 0 Å². The summed E-state index contributed by atoms with van der Waals surface area (Å²) in [5.74, 6) is -1.14. The molecule has 0 aliphatic carbocycles. The topological polar surface area (TPSA) is 91.0 Å². The molecule has 4 rings (SSSR count). The molecule has 0 radical (unpaired) electrons. The first-order valence-corrected chi connectivity index (χ1v) is 9.84. The summed E-state index contributed by atoms with van der Waals surface area (Å²) in [6.45, 7) is -3.08. The smallest absolute Gasteiger partial charge is 0.269 e. The Balaban J connectivity index is 1.68. The second-order valence-corrected chi connectivity index (χ2v) is 7.07. The number of hydrogen-bond acceptors (Lipinski definition) is 5. The van der Waals surface area contributed by atoms with Crippen molar-refractivity contribution in [1.29, 1.82) is 0 Å². The van der Waals surface area contributed by atoms with E-state index < -0.39 is 30.9 Å². The van der Waals surface area contributed by atoms with E-state index in [4.69, 9.17) is 5.48 Å². The van der Waals surface area contributed by atoms with Crippen molar-refractivity contribution in [3.05, 3.63) is 75.2 Å². The number of halogens is 1. The number of aromatic amines is 1. The molecule has 0 unspecified atom stereocenters. The second-order valence-electron chi connectivity index (χ2n) is 7.07. The predicted molar refractivity (Wildman–Crippen MR) is 117 cm³/mol. The van der Waals surface area contributed by atoms with E-state index in [-0.39, 0.29) is 34.6 Å². The number of nitrogens with one attached hydrogen (secondary N) is 2. The number of hydrogen-bond donors (Lipinski definition) is 2. The van der Waals surface area contributed by atoms with E-state index in [2.05, 4.69) is 20.3 Å². The van der Waals surface area contributed by atoms with Gasteiger partial charge in [0.25, 0.3) is 11.5 Å². The van der Waals surface area contributed by atoms with E-state index in [9.17, 15) is 9.59 Å². The number of amides is 1. The van der Waals surface area contributed by atoms with Crippen molar-refractivity contribution in [3.63, 3.8) is 0 Å². The van der Waals surface area contributed by atoms with Crippen molar-refractivity contribution < 1.29 is 14.7 Å². The van der Waals surface area contributed by atoms with Crippen molar-refractivity contribution in [1.82, 2.24) is 25.2 Å². The van der Waals surface area contributed by atoms with Gasteiger partial charge < -0.3 is 10.3 Å². The molecule has 0 aromatic carbocycles. The molecular formula is C23H24FN5O2. The molecule has 31 heavy (non-hydrogen) atoms. The maximum atomic E-state index is 15.3. The molecule has 1 aliphatic rings. The van der Waals surface area contributed by atoms with Gasteiger partial charge in [-0.2, -0.15) is 0 Å². The highest BCUT2D eigenvalue weighted by molar-refractivity contribution is 5.92. The Hall–Kier alpha value is -3.39. The molecule has 8 heteroatoms. The molecule has 1 amide bonds. The summed E-state index contributed by atoms with van der Waals surface area (Å²) in [5, 5.41) is 2.46. The van der Waals surface area contributed by atoms with Gasteiger partial charge in [0.05, 0.1) is 5.52 Å². The van der Waals surface area contributed by atoms with Gasteiger partial charge >= 0.3 is 0 Å². The van der Waals surface area contributed by atoms with Gasteiger partial charge in [-0.05, 0) is 36.1 Å². The van der Waals surface area contributed by atoms with Crippen molar-refractivity contribution in [2.45, 2.75) is 26.3 Å². The standard InChI is InChI=1S/C23H24FN5O2/c1-3-14-10-19-21(28-22(14)30)20(24)17(12-27-19)13-29-8-6-15(7-9-29)16-4-5-18(26-11-16)23(31)25-2/h4-6,10-12H,3,7-9,13H2,1-2H3,(H,25,31)(H,28,30)/i8D2,9D2. The number of aromatic nitrogens is 3. The van der Waals surface area contributed by atoms with Crippen LogP contribution in [0.25, 0.3) is 16.6 Å². The molecule has 0 atom stereocenters. The van der Waals surface area contributed by atoms with Crippen LogP contribution in [0.2, 0.25) is 0 Å². The molecule has 4 heterocycles. The molecule has 3 aromatic heterocycles. The van der Waals surface area contributed by atoms with Gasteiger partial charge in [0.2, 0.25) is 0 Å². The van der Waals surface area contributed by atoms with Crippen LogP contribution in [0, 0.1) is 5.82 Å². The summed E-state index contributed by atoms with van der Waals surface area (Å²) >= 11 is 0. The van der Waals surface area contributed by atoms with Crippen LogP contribution in [0.4, 0.5) is 4.39 Å². The minimum absolute atomic E-state index is 0.0430. The number of nitrogens with zero attached hydrogens (tertiary/aromatic N) is 3. The number of fused-ring (bicyclic) bond motifs is 1. The van der Waals surface area contributed by atoms with Crippen LogP contribution >= 0.6 is 0 Å². The van der Waals surface area contributed by atoms with Crippen molar-refractivity contribution in [2.24, 2.45) is 0 Å². The molecule has 2 N–H and O–H groups in total. The van der Waals surface area contributed by atoms with Crippen LogP contribution in [0.3, 0.4) is 0 Å². The van der Waals surface area contributed by atoms with E-state index in [1.54, 1.807) is 13.0 Å². The van der Waals surface area contributed by atoms with E-state index in [0.717, 1.165) is 4.90 Å². The van der Waals surface area contributed by atoms with Gasteiger partial charge in [-0.1, -0.05) is 19.1 Å². The number of aryl methyl sites for hydroxylation is 1. The zero-order valence-corrected chi connectivity index (χ0v) is 17.1. The Morgan fingerprint density at radius 2 is 2.16 bits per heavy atom. The maximum absolute atomic E-state index is 15.3. The van der Waals surface area contributed by atoms with Gasteiger partial charge in [-0.25, -0.2) is 4.39 Å². The average Bonchev–Trinajstić information content (AvgIpc) is 2.81. The Morgan fingerprint density at radius 1 is 1.32 bits per heavy atom. The van der Waals surface area contributed by atoms with Gasteiger partial charge in [0.1, 0.15) is 11.2 Å². The summed E-state index contributed by atoms with van der Waals surface area (Å²) in [6.07, 6.45) is 4.18. The third-order valence-electron chi connectivity index (χ3n) is 5.12. The van der Waals surface area contributed by atoms with Crippen molar-refractivity contribution in [3.8, 4) is 0 Å². The van der Waals surface area contributed by atoms with Crippen LogP contribution in [0.1, 0.15) is 46.0 Å². The van der Waals surface area contributed by atoms with Crippen LogP contribution in [0.5, 0.6) is 0 Å². The Morgan fingerprint density at radius 3 is 2.84 bits per heavy atom. The molecule has 0 spiro atoms. The fourth-order valence-electron chi connectivity index (χ4n) is 3.30. The lowest BCUT2D eigenvalue weighted by molar-refractivity contribution is 0.0958. The van der Waals surface area contributed by atoms with E-state index in [0.29, 0.717) is 23.1 Å². The number of carbonyl (C=O) groups excluding carboxylic acids is 1. The molecule has 7 nitrogen and oxygen atoms in total. The summed E-state index contributed by atoms with van der Waals surface area (Å²) in [4.78, 5) is 35.6. The molecular weight excluding hydrogens is 397 g/mol. The molecule has 0 bridgehead atoms. The second kappa shape index (κ2) is 8.77. The van der Waals surface area contributed by atoms with Crippen LogP contribution in [-0.2, 0) is 13.0 Å². The fourth-order valence-corrected chi connectivity index (χ4v) is 3.30. The van der Waals surface area contributed by atoms with Crippen molar-refractivity contribution >= 4 is 22.5 Å². The normalized spacial score (nSPS) is 19.6. The number of H-pyrrole nitrogens is 1. The van der Waals surface area contributed by atoms with E-state index in [1.807, 2.05) is 0 Å². The number of rotatable bonds is 5. The summed E-state index contributed by atoms with van der Waals surface area (Å²) in [6, 6.07) is 4.57. The SMILES string of the molecule is [2H]C1([2H])C=C(c2ccc(C(=O)NC)nc2)CC([2H])([2H])N1Cc1cnc2cc(CC)c(=O)[nH]c2c1F. The Labute approximate surface area is 184 Å². The molecule has 160 valence electrons. The monoisotopic (exact) mass is 425 g/mol. The third kappa shape index (κ3) is 4.25. The van der Waals surface area contributed by atoms with Crippen molar-refractivity contribution in [2.75, 3.05) is 20.0 Å². The van der Waals surface area contributed by atoms with Gasteiger partial charge in [-0.3, -0.25) is 24.5 Å². The average molecular weight is 426 g/mol. The first-order chi connectivity index (χ1) is 16.5. The molecule has 0 saturated carbocycles. The number of pyridine rings is 3. The fraction of sp³-hybridized carbons (Fsp3) is 0.304. The van der Waals surface area contributed by atoms with E-state index >= 15 is 4.39 Å². The van der Waals surface area contributed by atoms with Crippen LogP contribution in [-0.4, -0.2) is 45.8 Å². The lowest BCUT2D eigenvalue weighted by atomic mass is 10.0. The van der Waals surface area contributed by atoms with Crippen LogP contribution < -0.4 is 10.9 Å². The molecule has 3 aromatic rings. The minimum atomic E-state index is -2.28. The predicted octanol–water partition coefficient (Wildman–Crippen LogP) is 2.67. The van der Waals surface area contributed by atoms with Gasteiger partial charge in [0.15, 0.2) is 5.82 Å². The zero-order valence-electron chi connectivity index (χ0n) is 21.1. The lowest BCUT2D eigenvalue weighted by Crippen LogP contribution is -2.28. The molecule has 1 aliphatic heterocycles. The molecule has 0 fully saturated rings. The molecule has 0 saturated heterocycles. The first kappa shape index (κ1) is 16.3. The maximum Gasteiger partial charge on any atom is 0.269 e.